The molecule has 4 heteroatoms. The van der Waals surface area contributed by atoms with E-state index in [0.717, 1.165) is 40.0 Å². The van der Waals surface area contributed by atoms with Gasteiger partial charge in [0.2, 0.25) is 0 Å². The van der Waals surface area contributed by atoms with Crippen molar-refractivity contribution in [2.45, 2.75) is 17.6 Å². The fourth-order valence-corrected chi connectivity index (χ4v) is 9.13. The molecule has 0 saturated heterocycles. The van der Waals surface area contributed by atoms with Crippen molar-refractivity contribution in [3.05, 3.63) is 245 Å². The van der Waals surface area contributed by atoms with Crippen LogP contribution in [0.1, 0.15) is 45.6 Å². The van der Waals surface area contributed by atoms with Gasteiger partial charge in [-0.05, 0) is 104 Å². The number of anilines is 2. The Balaban J connectivity index is 1.08. The molecule has 1 spiro atoms. The number of fused-ring (bicyclic) bond motifs is 8. The molecule has 4 nitrogen and oxygen atoms in total. The molecule has 7 aromatic carbocycles. The normalized spacial score (nSPS) is 17.6. The Hall–Kier alpha value is -6.72. The Morgan fingerprint density at radius 1 is 0.607 bits per heavy atom. The second-order valence-corrected chi connectivity index (χ2v) is 14.8. The molecule has 0 fully saturated rings. The largest absolute Gasteiger partial charge is 0.387 e. The molecule has 0 bridgehead atoms. The van der Waals surface area contributed by atoms with Crippen molar-refractivity contribution in [1.82, 2.24) is 10.6 Å². The standard InChI is InChI=1S/C52H42N4/c53-51(55-48(37-17-6-2-7-18-37)30-27-36-15-4-1-5-16-36)40-20-14-19-38(33-40)39-28-29-43-42-23-10-11-24-44(42)52(46(43)34-39)45-25-12-13-26-49(45)56(41-21-8-3-9-22-41)50-31-32-54-35-47(50)52/h1-34,48,51,54-55H,35,53H2/b30-27+. The maximum Gasteiger partial charge on any atom is 0.0817 e. The van der Waals surface area contributed by atoms with E-state index in [9.17, 15) is 0 Å². The van der Waals surface area contributed by atoms with Gasteiger partial charge in [-0.3, -0.25) is 5.32 Å². The second-order valence-electron chi connectivity index (χ2n) is 14.8. The molecule has 4 N–H and O–H groups in total. The summed E-state index contributed by atoms with van der Waals surface area (Å²) in [4.78, 5) is 2.44. The van der Waals surface area contributed by atoms with E-state index in [1.165, 1.54) is 44.8 Å². The van der Waals surface area contributed by atoms with Gasteiger partial charge in [-0.1, -0.05) is 164 Å². The Bertz CT molecular complexity index is 2640. The number of hydrogen-bond donors (Lipinski definition) is 3. The molecule has 7 aromatic rings. The Morgan fingerprint density at radius 3 is 2.09 bits per heavy atom. The highest BCUT2D eigenvalue weighted by Crippen LogP contribution is 2.62. The predicted octanol–water partition coefficient (Wildman–Crippen LogP) is 11.2. The van der Waals surface area contributed by atoms with E-state index in [1.54, 1.807) is 0 Å². The minimum absolute atomic E-state index is 0.0733. The molecule has 3 aliphatic rings. The van der Waals surface area contributed by atoms with E-state index in [-0.39, 0.29) is 6.04 Å². The molecule has 2 heterocycles. The molecule has 0 amide bonds. The fourth-order valence-electron chi connectivity index (χ4n) is 9.13. The van der Waals surface area contributed by atoms with Crippen LogP contribution in [0, 0.1) is 0 Å². The second kappa shape index (κ2) is 14.2. The number of dihydropyridines is 1. The van der Waals surface area contributed by atoms with Crippen molar-refractivity contribution >= 4 is 17.5 Å². The summed E-state index contributed by atoms with van der Waals surface area (Å²) in [6.45, 7) is 0.735. The van der Waals surface area contributed by atoms with Crippen molar-refractivity contribution in [2.24, 2.45) is 5.73 Å². The lowest BCUT2D eigenvalue weighted by molar-refractivity contribution is 0.509. The van der Waals surface area contributed by atoms with E-state index in [0.29, 0.717) is 0 Å². The van der Waals surface area contributed by atoms with Crippen LogP contribution in [0.4, 0.5) is 11.4 Å². The molecule has 0 aromatic heterocycles. The van der Waals surface area contributed by atoms with Crippen LogP contribution in [0.25, 0.3) is 28.3 Å². The molecule has 2 aliphatic heterocycles. The van der Waals surface area contributed by atoms with Crippen LogP contribution in [0.15, 0.2) is 212 Å². The Labute approximate surface area is 329 Å². The zero-order valence-electron chi connectivity index (χ0n) is 31.0. The van der Waals surface area contributed by atoms with Crippen LogP contribution >= 0.6 is 0 Å². The third kappa shape index (κ3) is 5.62. The molecule has 3 unspecified atom stereocenters. The highest BCUT2D eigenvalue weighted by Gasteiger charge is 2.52. The van der Waals surface area contributed by atoms with Gasteiger partial charge in [0, 0.05) is 12.2 Å². The third-order valence-electron chi connectivity index (χ3n) is 11.6. The molecule has 10 rings (SSSR count). The van der Waals surface area contributed by atoms with E-state index in [4.69, 9.17) is 5.73 Å². The lowest BCUT2D eigenvalue weighted by Crippen LogP contribution is -2.43. The molecular formula is C52H42N4. The molecule has 270 valence electrons. The Morgan fingerprint density at radius 2 is 1.27 bits per heavy atom. The van der Waals surface area contributed by atoms with Gasteiger partial charge in [0.15, 0.2) is 0 Å². The summed E-state index contributed by atoms with van der Waals surface area (Å²) in [7, 11) is 0. The van der Waals surface area contributed by atoms with E-state index in [1.807, 2.05) is 12.1 Å². The Kier molecular flexibility index (Phi) is 8.56. The number of para-hydroxylation sites is 2. The molecule has 1 aliphatic carbocycles. The highest BCUT2D eigenvalue weighted by molar-refractivity contribution is 5.93. The first-order valence-corrected chi connectivity index (χ1v) is 19.4. The lowest BCUT2D eigenvalue weighted by Gasteiger charge is -2.47. The first kappa shape index (κ1) is 33.8. The van der Waals surface area contributed by atoms with Gasteiger partial charge in [0.25, 0.3) is 0 Å². The van der Waals surface area contributed by atoms with Gasteiger partial charge >= 0.3 is 0 Å². The number of rotatable bonds is 8. The summed E-state index contributed by atoms with van der Waals surface area (Å²) >= 11 is 0. The number of nitrogens with one attached hydrogen (secondary N) is 2. The van der Waals surface area contributed by atoms with E-state index < -0.39 is 11.6 Å². The minimum Gasteiger partial charge on any atom is -0.387 e. The maximum atomic E-state index is 7.03. The quantitative estimate of drug-likeness (QED) is 0.137. The number of nitrogens with zero attached hydrogens (tertiary/aromatic N) is 1. The summed E-state index contributed by atoms with van der Waals surface area (Å²) in [5, 5.41) is 7.35. The number of benzene rings is 7. The molecule has 3 atom stereocenters. The van der Waals surface area contributed by atoms with Gasteiger partial charge in [0.1, 0.15) is 0 Å². The lowest BCUT2D eigenvalue weighted by atomic mass is 9.63. The van der Waals surface area contributed by atoms with Crippen molar-refractivity contribution in [3.8, 4) is 22.3 Å². The minimum atomic E-state index is -0.486. The number of hydrogen-bond acceptors (Lipinski definition) is 4. The van der Waals surface area contributed by atoms with Gasteiger partial charge in [0.05, 0.1) is 29.0 Å². The van der Waals surface area contributed by atoms with Gasteiger partial charge in [-0.2, -0.15) is 0 Å². The van der Waals surface area contributed by atoms with E-state index in [2.05, 4.69) is 210 Å². The number of allylic oxidation sites excluding steroid dienone is 1. The maximum absolute atomic E-state index is 7.03. The van der Waals surface area contributed by atoms with Gasteiger partial charge in [-0.25, -0.2) is 0 Å². The summed E-state index contributed by atoms with van der Waals surface area (Å²) in [5.74, 6) is 0. The molecule has 0 radical (unpaired) electrons. The van der Waals surface area contributed by atoms with Crippen LogP contribution in [-0.2, 0) is 5.41 Å². The van der Waals surface area contributed by atoms with Gasteiger partial charge < -0.3 is 16.0 Å². The fraction of sp³-hybridized carbons (Fsp3) is 0.0769. The topological polar surface area (TPSA) is 53.3 Å². The van der Waals surface area contributed by atoms with Crippen molar-refractivity contribution in [1.29, 1.82) is 0 Å². The number of nitrogens with two attached hydrogens (primary N) is 1. The van der Waals surface area contributed by atoms with Crippen LogP contribution in [0.5, 0.6) is 0 Å². The van der Waals surface area contributed by atoms with Gasteiger partial charge in [-0.15, -0.1) is 0 Å². The average Bonchev–Trinajstić information content (AvgIpc) is 3.56. The molecule has 56 heavy (non-hydrogen) atoms. The predicted molar refractivity (Wildman–Crippen MR) is 231 cm³/mol. The first-order valence-electron chi connectivity index (χ1n) is 19.4. The summed E-state index contributed by atoms with van der Waals surface area (Å²) < 4.78 is 0. The van der Waals surface area contributed by atoms with Crippen LogP contribution < -0.4 is 21.3 Å². The summed E-state index contributed by atoms with van der Waals surface area (Å²) in [5.41, 5.74) is 23.6. The summed E-state index contributed by atoms with van der Waals surface area (Å²) in [6.07, 6.45) is 8.31. The van der Waals surface area contributed by atoms with Crippen molar-refractivity contribution in [2.75, 3.05) is 11.4 Å². The molecular weight excluding hydrogens is 681 g/mol. The van der Waals surface area contributed by atoms with Crippen LogP contribution in [0.3, 0.4) is 0 Å². The smallest absolute Gasteiger partial charge is 0.0817 e. The van der Waals surface area contributed by atoms with Crippen LogP contribution in [0.2, 0.25) is 0 Å². The SMILES string of the molecule is NC(NC(/C=C/c1ccccc1)c1ccccc1)c1cccc(-c2ccc3c(c2)C2(C4=C(C=CNC4)N(c4ccccc4)c4ccccc42)c2ccccc2-3)c1. The molecule has 0 saturated carbocycles. The zero-order valence-corrected chi connectivity index (χ0v) is 31.0. The average molecular weight is 723 g/mol. The first-order chi connectivity index (χ1) is 27.7. The van der Waals surface area contributed by atoms with E-state index >= 15 is 0 Å². The third-order valence-corrected chi connectivity index (χ3v) is 11.6. The summed E-state index contributed by atoms with van der Waals surface area (Å²) in [6, 6.07) is 65.3. The van der Waals surface area contributed by atoms with Crippen LogP contribution in [-0.4, -0.2) is 6.54 Å². The monoisotopic (exact) mass is 722 g/mol. The van der Waals surface area contributed by atoms with Crippen molar-refractivity contribution < 1.29 is 0 Å². The zero-order chi connectivity index (χ0) is 37.5. The highest BCUT2D eigenvalue weighted by atomic mass is 15.2. The van der Waals surface area contributed by atoms with Crippen molar-refractivity contribution in [3.63, 3.8) is 0 Å².